The molecular formula is C12H17FN4O. The average molecular weight is 252 g/mol. The minimum atomic E-state index is -0.654. The quantitative estimate of drug-likeness (QED) is 0.689. The van der Waals surface area contributed by atoms with Crippen LogP contribution in [-0.4, -0.2) is 37.0 Å². The monoisotopic (exact) mass is 252 g/mol. The highest BCUT2D eigenvalue weighted by molar-refractivity contribution is 5.99. The van der Waals surface area contributed by atoms with Gasteiger partial charge in [-0.25, -0.2) is 4.39 Å². The third-order valence-corrected chi connectivity index (χ3v) is 3.16. The standard InChI is InChI=1S/C12H17FN4O/c1-17-3-2-7(6-17)16-11-4-8(12(15)18)10(14)5-9(11)13/h4-5,7,16H,2-3,6,14H2,1H3,(H2,15,18). The number of rotatable bonds is 3. The number of amides is 1. The van der Waals surface area contributed by atoms with Crippen LogP contribution >= 0.6 is 0 Å². The fraction of sp³-hybridized carbons (Fsp3) is 0.417. The van der Waals surface area contributed by atoms with Crippen molar-refractivity contribution in [2.24, 2.45) is 5.73 Å². The summed E-state index contributed by atoms with van der Waals surface area (Å²) in [4.78, 5) is 13.3. The number of primary amides is 1. The molecule has 2 rings (SSSR count). The molecule has 18 heavy (non-hydrogen) atoms. The molecule has 1 amide bonds. The molecule has 5 nitrogen and oxygen atoms in total. The van der Waals surface area contributed by atoms with Crippen LogP contribution < -0.4 is 16.8 Å². The Morgan fingerprint density at radius 1 is 1.56 bits per heavy atom. The molecule has 1 fully saturated rings. The van der Waals surface area contributed by atoms with Gasteiger partial charge in [0.15, 0.2) is 0 Å². The first-order valence-electron chi connectivity index (χ1n) is 5.81. The summed E-state index contributed by atoms with van der Waals surface area (Å²) in [5.74, 6) is -1.12. The van der Waals surface area contributed by atoms with Crippen molar-refractivity contribution < 1.29 is 9.18 Å². The van der Waals surface area contributed by atoms with E-state index < -0.39 is 11.7 Å². The Morgan fingerprint density at radius 3 is 2.83 bits per heavy atom. The number of halogens is 1. The number of benzene rings is 1. The fourth-order valence-electron chi connectivity index (χ4n) is 2.19. The Labute approximate surface area is 105 Å². The van der Waals surface area contributed by atoms with Crippen LogP contribution in [0.15, 0.2) is 12.1 Å². The first kappa shape index (κ1) is 12.6. The largest absolute Gasteiger partial charge is 0.398 e. The molecule has 0 radical (unpaired) electrons. The van der Waals surface area contributed by atoms with E-state index in [0.29, 0.717) is 0 Å². The highest BCUT2D eigenvalue weighted by atomic mass is 19.1. The van der Waals surface area contributed by atoms with E-state index in [9.17, 15) is 9.18 Å². The number of anilines is 2. The van der Waals surface area contributed by atoms with E-state index >= 15 is 0 Å². The maximum absolute atomic E-state index is 13.7. The molecule has 1 heterocycles. The summed E-state index contributed by atoms with van der Waals surface area (Å²) in [6, 6.07) is 2.68. The van der Waals surface area contributed by atoms with Crippen LogP contribution in [0.5, 0.6) is 0 Å². The Hall–Kier alpha value is -1.82. The molecule has 1 aliphatic rings. The zero-order valence-corrected chi connectivity index (χ0v) is 10.2. The van der Waals surface area contributed by atoms with E-state index in [-0.39, 0.29) is 23.0 Å². The summed E-state index contributed by atoms with van der Waals surface area (Å²) in [6.45, 7) is 1.81. The summed E-state index contributed by atoms with van der Waals surface area (Å²) >= 11 is 0. The lowest BCUT2D eigenvalue weighted by molar-refractivity contribution is 0.100. The van der Waals surface area contributed by atoms with Crippen molar-refractivity contribution in [3.8, 4) is 0 Å². The van der Waals surface area contributed by atoms with Gasteiger partial charge < -0.3 is 21.7 Å². The smallest absolute Gasteiger partial charge is 0.250 e. The summed E-state index contributed by atoms with van der Waals surface area (Å²) in [5, 5.41) is 3.08. The third-order valence-electron chi connectivity index (χ3n) is 3.16. The Balaban J connectivity index is 2.22. The van der Waals surface area contributed by atoms with Crippen molar-refractivity contribution in [1.29, 1.82) is 0 Å². The topological polar surface area (TPSA) is 84.4 Å². The maximum atomic E-state index is 13.7. The van der Waals surface area contributed by atoms with Gasteiger partial charge in [0.05, 0.1) is 11.3 Å². The van der Waals surface area contributed by atoms with Crippen LogP contribution in [-0.2, 0) is 0 Å². The van der Waals surface area contributed by atoms with E-state index in [1.807, 2.05) is 7.05 Å². The van der Waals surface area contributed by atoms with Crippen molar-refractivity contribution >= 4 is 17.3 Å². The molecule has 0 aromatic heterocycles. The second kappa shape index (κ2) is 4.81. The molecule has 0 spiro atoms. The number of nitrogens with two attached hydrogens (primary N) is 2. The molecule has 98 valence electrons. The van der Waals surface area contributed by atoms with E-state index in [0.717, 1.165) is 25.6 Å². The third kappa shape index (κ3) is 2.53. The lowest BCUT2D eigenvalue weighted by Crippen LogP contribution is -2.24. The summed E-state index contributed by atoms with van der Waals surface area (Å²) in [5.41, 5.74) is 11.2. The number of nitrogens with one attached hydrogen (secondary N) is 1. The van der Waals surface area contributed by atoms with E-state index in [1.54, 1.807) is 0 Å². The highest BCUT2D eigenvalue weighted by Gasteiger charge is 2.21. The van der Waals surface area contributed by atoms with Gasteiger partial charge in [-0.2, -0.15) is 0 Å². The minimum Gasteiger partial charge on any atom is -0.398 e. The number of hydrogen-bond donors (Lipinski definition) is 3. The number of likely N-dealkylation sites (N-methyl/N-ethyl adjacent to an activating group) is 1. The fourth-order valence-corrected chi connectivity index (χ4v) is 2.19. The lowest BCUT2D eigenvalue weighted by Gasteiger charge is -2.16. The summed E-state index contributed by atoms with van der Waals surface area (Å²) in [6.07, 6.45) is 0.937. The Kier molecular flexibility index (Phi) is 3.38. The van der Waals surface area contributed by atoms with Crippen LogP contribution in [0.1, 0.15) is 16.8 Å². The lowest BCUT2D eigenvalue weighted by atomic mass is 10.1. The predicted molar refractivity (Wildman–Crippen MR) is 68.9 cm³/mol. The average Bonchev–Trinajstić information content (AvgIpc) is 2.67. The van der Waals surface area contributed by atoms with Crippen LogP contribution in [0.3, 0.4) is 0 Å². The maximum Gasteiger partial charge on any atom is 0.250 e. The van der Waals surface area contributed by atoms with Crippen LogP contribution in [0.4, 0.5) is 15.8 Å². The molecule has 1 unspecified atom stereocenters. The number of carbonyl (C=O) groups is 1. The molecule has 6 heteroatoms. The van der Waals surface area contributed by atoms with Crippen LogP contribution in [0.25, 0.3) is 0 Å². The van der Waals surface area contributed by atoms with Gasteiger partial charge in [-0.15, -0.1) is 0 Å². The van der Waals surface area contributed by atoms with Gasteiger partial charge in [0.25, 0.3) is 5.91 Å². The van der Waals surface area contributed by atoms with Gasteiger partial charge in [-0.3, -0.25) is 4.79 Å². The first-order valence-corrected chi connectivity index (χ1v) is 5.81. The van der Waals surface area contributed by atoms with E-state index in [4.69, 9.17) is 11.5 Å². The molecular weight excluding hydrogens is 235 g/mol. The number of nitrogen functional groups attached to an aromatic ring is 1. The number of likely N-dealkylation sites (tertiary alicyclic amines) is 1. The molecule has 1 saturated heterocycles. The molecule has 1 aromatic carbocycles. The minimum absolute atomic E-state index is 0.0640. The van der Waals surface area contributed by atoms with Crippen LogP contribution in [0, 0.1) is 5.82 Å². The molecule has 0 saturated carbocycles. The normalized spacial score (nSPS) is 20.0. The number of carbonyl (C=O) groups excluding carboxylic acids is 1. The predicted octanol–water partition coefficient (Wildman–Crippen LogP) is 0.623. The molecule has 1 atom stereocenters. The molecule has 0 bridgehead atoms. The highest BCUT2D eigenvalue weighted by Crippen LogP contribution is 2.24. The summed E-state index contributed by atoms with van der Waals surface area (Å²) in [7, 11) is 2.01. The molecule has 1 aromatic rings. The second-order valence-electron chi connectivity index (χ2n) is 4.68. The Bertz CT molecular complexity index is 477. The van der Waals surface area contributed by atoms with Crippen molar-refractivity contribution in [3.05, 3.63) is 23.5 Å². The Morgan fingerprint density at radius 2 is 2.28 bits per heavy atom. The number of nitrogens with zero attached hydrogens (tertiary/aromatic N) is 1. The molecule has 0 aliphatic carbocycles. The molecule has 1 aliphatic heterocycles. The van der Waals surface area contributed by atoms with E-state index in [1.165, 1.54) is 6.07 Å². The summed E-state index contributed by atoms with van der Waals surface area (Å²) < 4.78 is 13.7. The van der Waals surface area contributed by atoms with Crippen LogP contribution in [0.2, 0.25) is 0 Å². The van der Waals surface area contributed by atoms with Gasteiger partial charge in [-0.05, 0) is 32.1 Å². The van der Waals surface area contributed by atoms with E-state index in [2.05, 4.69) is 10.2 Å². The van der Waals surface area contributed by atoms with Gasteiger partial charge in [0.2, 0.25) is 0 Å². The van der Waals surface area contributed by atoms with Crippen molar-refractivity contribution in [2.45, 2.75) is 12.5 Å². The van der Waals surface area contributed by atoms with Gasteiger partial charge in [0, 0.05) is 18.3 Å². The second-order valence-corrected chi connectivity index (χ2v) is 4.68. The van der Waals surface area contributed by atoms with Gasteiger partial charge in [0.1, 0.15) is 5.82 Å². The molecule has 5 N–H and O–H groups in total. The first-order chi connectivity index (χ1) is 8.47. The SMILES string of the molecule is CN1CCC(Nc2cc(C(N)=O)c(N)cc2F)C1. The van der Waals surface area contributed by atoms with Gasteiger partial charge >= 0.3 is 0 Å². The van der Waals surface area contributed by atoms with Crippen molar-refractivity contribution in [1.82, 2.24) is 4.90 Å². The van der Waals surface area contributed by atoms with Crippen molar-refractivity contribution in [3.63, 3.8) is 0 Å². The zero-order valence-electron chi connectivity index (χ0n) is 10.2. The zero-order chi connectivity index (χ0) is 13.3. The van der Waals surface area contributed by atoms with Crippen molar-refractivity contribution in [2.75, 3.05) is 31.2 Å². The number of hydrogen-bond acceptors (Lipinski definition) is 4. The van der Waals surface area contributed by atoms with Gasteiger partial charge in [-0.1, -0.05) is 0 Å².